The van der Waals surface area contributed by atoms with Crippen molar-refractivity contribution in [2.75, 3.05) is 24.6 Å². The molecule has 174 valence electrons. The van der Waals surface area contributed by atoms with E-state index in [-0.39, 0.29) is 23.5 Å². The molecule has 3 aromatic rings. The van der Waals surface area contributed by atoms with E-state index in [0.717, 1.165) is 35.2 Å². The van der Waals surface area contributed by atoms with E-state index < -0.39 is 21.9 Å². The van der Waals surface area contributed by atoms with Crippen molar-refractivity contribution in [1.82, 2.24) is 9.29 Å². The number of aromatic nitrogens is 1. The van der Waals surface area contributed by atoms with Crippen LogP contribution in [0.1, 0.15) is 25.7 Å². The quantitative estimate of drug-likeness (QED) is 0.526. The van der Waals surface area contributed by atoms with Gasteiger partial charge in [0.15, 0.2) is 5.13 Å². The van der Waals surface area contributed by atoms with Gasteiger partial charge < -0.3 is 4.74 Å². The maximum absolute atomic E-state index is 13.8. The first-order chi connectivity index (χ1) is 15.9. The summed E-state index contributed by atoms with van der Waals surface area (Å²) >= 11 is 1.41. The molecule has 0 radical (unpaired) electrons. The van der Waals surface area contributed by atoms with Crippen molar-refractivity contribution >= 4 is 42.6 Å². The zero-order chi connectivity index (χ0) is 23.0. The van der Waals surface area contributed by atoms with E-state index in [1.807, 2.05) is 24.3 Å². The van der Waals surface area contributed by atoms with E-state index in [2.05, 4.69) is 4.98 Å². The summed E-state index contributed by atoms with van der Waals surface area (Å²) in [6, 6.07) is 11.5. The molecule has 0 saturated carbocycles. The lowest BCUT2D eigenvalue weighted by molar-refractivity contribution is -0.122. The predicted octanol–water partition coefficient (Wildman–Crippen LogP) is 3.80. The van der Waals surface area contributed by atoms with Crippen LogP contribution in [0.4, 0.5) is 9.52 Å². The molecule has 1 aromatic heterocycles. The fourth-order valence-electron chi connectivity index (χ4n) is 4.43. The smallest absolute Gasteiger partial charge is 0.247 e. The summed E-state index contributed by atoms with van der Waals surface area (Å²) in [5.74, 6) is -0.811. The molecule has 2 aliphatic heterocycles. The van der Waals surface area contributed by atoms with Crippen LogP contribution in [0.25, 0.3) is 10.2 Å². The molecular formula is C23H24FN3O4S2. The Balaban J connectivity index is 1.47. The number of carbonyl (C=O) groups is 1. The Kier molecular flexibility index (Phi) is 6.17. The summed E-state index contributed by atoms with van der Waals surface area (Å²) in [5.41, 5.74) is 0.796. The topological polar surface area (TPSA) is 79.8 Å². The van der Waals surface area contributed by atoms with E-state index in [1.165, 1.54) is 27.8 Å². The molecule has 2 aliphatic rings. The van der Waals surface area contributed by atoms with Crippen LogP contribution >= 0.6 is 11.3 Å². The highest BCUT2D eigenvalue weighted by molar-refractivity contribution is 7.89. The van der Waals surface area contributed by atoms with Gasteiger partial charge in [-0.15, -0.1) is 0 Å². The number of para-hydroxylation sites is 1. The monoisotopic (exact) mass is 489 g/mol. The summed E-state index contributed by atoms with van der Waals surface area (Å²) in [6.45, 7) is 1.23. The van der Waals surface area contributed by atoms with Crippen LogP contribution in [-0.2, 0) is 19.6 Å². The van der Waals surface area contributed by atoms with E-state index in [1.54, 1.807) is 4.90 Å². The zero-order valence-electron chi connectivity index (χ0n) is 17.9. The first-order valence-corrected chi connectivity index (χ1v) is 13.2. The molecule has 3 heterocycles. The van der Waals surface area contributed by atoms with Crippen molar-refractivity contribution < 1.29 is 22.3 Å². The summed E-state index contributed by atoms with van der Waals surface area (Å²) in [6.07, 6.45) is 2.67. The Bertz CT molecular complexity index is 1220. The van der Waals surface area contributed by atoms with Crippen LogP contribution in [0.5, 0.6) is 0 Å². The van der Waals surface area contributed by atoms with E-state index in [4.69, 9.17) is 4.74 Å². The summed E-state index contributed by atoms with van der Waals surface area (Å²) in [4.78, 5) is 20.1. The highest BCUT2D eigenvalue weighted by Gasteiger charge is 2.42. The Morgan fingerprint density at radius 3 is 2.67 bits per heavy atom. The van der Waals surface area contributed by atoms with Crippen molar-refractivity contribution in [2.24, 2.45) is 0 Å². The number of thiazole rings is 1. The van der Waals surface area contributed by atoms with Gasteiger partial charge in [0.05, 0.1) is 27.8 Å². The lowest BCUT2D eigenvalue weighted by Crippen LogP contribution is -2.49. The number of halogens is 1. The summed E-state index contributed by atoms with van der Waals surface area (Å²) < 4.78 is 47.9. The van der Waals surface area contributed by atoms with Crippen molar-refractivity contribution in [2.45, 2.75) is 42.7 Å². The van der Waals surface area contributed by atoms with Crippen molar-refractivity contribution in [3.8, 4) is 0 Å². The zero-order valence-corrected chi connectivity index (χ0v) is 19.5. The van der Waals surface area contributed by atoms with Gasteiger partial charge in [0, 0.05) is 13.2 Å². The third-order valence-electron chi connectivity index (χ3n) is 6.10. The molecule has 10 heteroatoms. The molecule has 2 saturated heterocycles. The molecule has 0 unspecified atom stereocenters. The maximum Gasteiger partial charge on any atom is 0.247 e. The number of anilines is 1. The van der Waals surface area contributed by atoms with Crippen LogP contribution in [0.3, 0.4) is 0 Å². The number of carbonyl (C=O) groups excluding carboxylic acids is 1. The molecule has 0 bridgehead atoms. The van der Waals surface area contributed by atoms with Gasteiger partial charge in [-0.3, -0.25) is 9.69 Å². The van der Waals surface area contributed by atoms with Gasteiger partial charge in [0.1, 0.15) is 11.9 Å². The third kappa shape index (κ3) is 4.40. The Morgan fingerprint density at radius 2 is 1.94 bits per heavy atom. The van der Waals surface area contributed by atoms with Crippen LogP contribution < -0.4 is 4.90 Å². The fourth-order valence-corrected chi connectivity index (χ4v) is 7.06. The van der Waals surface area contributed by atoms with Gasteiger partial charge in [-0.25, -0.2) is 17.8 Å². The van der Waals surface area contributed by atoms with E-state index >= 15 is 0 Å². The number of benzene rings is 2. The molecule has 0 spiro atoms. The van der Waals surface area contributed by atoms with Crippen LogP contribution in [0, 0.1) is 5.82 Å². The SMILES string of the molecule is O=C([C@@H]1CCCN1S(=O)(=O)c1ccc(F)cc1)N(C[C@@H]1CCCO1)c1nc2ccccc2s1. The second-order valence-electron chi connectivity index (χ2n) is 8.28. The molecule has 1 amide bonds. The number of sulfonamides is 1. The molecule has 5 rings (SSSR count). The van der Waals surface area contributed by atoms with Gasteiger partial charge in [-0.1, -0.05) is 23.5 Å². The molecular weight excluding hydrogens is 465 g/mol. The number of hydrogen-bond donors (Lipinski definition) is 0. The Labute approximate surface area is 195 Å². The highest BCUT2D eigenvalue weighted by Crippen LogP contribution is 2.33. The van der Waals surface area contributed by atoms with Gasteiger partial charge in [-0.2, -0.15) is 4.31 Å². The molecule has 2 aromatic carbocycles. The predicted molar refractivity (Wildman–Crippen MR) is 124 cm³/mol. The number of fused-ring (bicyclic) bond motifs is 1. The van der Waals surface area contributed by atoms with Crippen LogP contribution in [0.15, 0.2) is 53.4 Å². The average molecular weight is 490 g/mol. The van der Waals surface area contributed by atoms with Gasteiger partial charge in [0.2, 0.25) is 15.9 Å². The second kappa shape index (κ2) is 9.09. The minimum absolute atomic E-state index is 0.0192. The van der Waals surface area contributed by atoms with Crippen molar-refractivity contribution in [1.29, 1.82) is 0 Å². The minimum atomic E-state index is -3.95. The fraction of sp³-hybridized carbons (Fsp3) is 0.391. The van der Waals surface area contributed by atoms with Gasteiger partial charge in [-0.05, 0) is 62.1 Å². The number of amides is 1. The largest absolute Gasteiger partial charge is 0.376 e. The van der Waals surface area contributed by atoms with Crippen molar-refractivity contribution in [3.05, 3.63) is 54.3 Å². The van der Waals surface area contributed by atoms with Crippen molar-refractivity contribution in [3.63, 3.8) is 0 Å². The third-order valence-corrected chi connectivity index (χ3v) is 9.08. The maximum atomic E-state index is 13.8. The number of ether oxygens (including phenoxy) is 1. The Hall–Kier alpha value is -2.40. The van der Waals surface area contributed by atoms with Gasteiger partial charge in [0.25, 0.3) is 0 Å². The highest BCUT2D eigenvalue weighted by atomic mass is 32.2. The molecule has 2 atom stereocenters. The minimum Gasteiger partial charge on any atom is -0.376 e. The van der Waals surface area contributed by atoms with Crippen LogP contribution in [0.2, 0.25) is 0 Å². The second-order valence-corrected chi connectivity index (χ2v) is 11.2. The first kappa shape index (κ1) is 22.4. The Morgan fingerprint density at radius 1 is 1.15 bits per heavy atom. The van der Waals surface area contributed by atoms with Crippen LogP contribution in [-0.4, -0.2) is 55.5 Å². The first-order valence-electron chi connectivity index (χ1n) is 11.0. The molecule has 7 nitrogen and oxygen atoms in total. The molecule has 2 fully saturated rings. The molecule has 33 heavy (non-hydrogen) atoms. The number of hydrogen-bond acceptors (Lipinski definition) is 6. The van der Waals surface area contributed by atoms with E-state index in [0.29, 0.717) is 31.1 Å². The number of nitrogens with zero attached hydrogens (tertiary/aromatic N) is 3. The lowest BCUT2D eigenvalue weighted by atomic mass is 10.2. The number of rotatable bonds is 6. The lowest BCUT2D eigenvalue weighted by Gasteiger charge is -2.29. The standard InChI is InChI=1S/C23H24FN3O4S2/c24-16-9-11-18(12-10-16)33(29,30)27-13-3-7-20(27)22(28)26(15-17-5-4-14-31-17)23-25-19-6-1-2-8-21(19)32-23/h1-2,6,8-12,17,20H,3-5,7,13-15H2/t17-,20-/m0/s1. The molecule has 0 aliphatic carbocycles. The molecule has 0 N–H and O–H groups in total. The normalized spacial score (nSPS) is 21.6. The summed E-state index contributed by atoms with van der Waals surface area (Å²) in [5, 5.41) is 0.544. The summed E-state index contributed by atoms with van der Waals surface area (Å²) in [7, 11) is -3.95. The van der Waals surface area contributed by atoms with Gasteiger partial charge >= 0.3 is 0 Å². The van der Waals surface area contributed by atoms with E-state index in [9.17, 15) is 17.6 Å². The average Bonchev–Trinajstić information content (AvgIpc) is 3.57.